The SMILES string of the molecule is CC(C)N1Cc2c(n(CC(=O)Nc3ccc(F)cn3)c3cc(C(=O)Nc4ccc(Cl)cn4)nn3c2=O)C1. The van der Waals surface area contributed by atoms with E-state index in [1.807, 2.05) is 13.8 Å². The van der Waals surface area contributed by atoms with Crippen LogP contribution >= 0.6 is 11.6 Å². The van der Waals surface area contributed by atoms with Crippen molar-refractivity contribution in [3.8, 4) is 0 Å². The first kappa shape index (κ1) is 24.5. The van der Waals surface area contributed by atoms with E-state index in [0.29, 0.717) is 29.4 Å². The molecule has 0 saturated heterocycles. The van der Waals surface area contributed by atoms with Crippen molar-refractivity contribution in [2.24, 2.45) is 0 Å². The number of halogens is 2. The van der Waals surface area contributed by atoms with Crippen LogP contribution in [-0.2, 0) is 24.4 Å². The fourth-order valence-electron chi connectivity index (χ4n) is 4.11. The van der Waals surface area contributed by atoms with Gasteiger partial charge in [0.15, 0.2) is 5.69 Å². The molecule has 2 amide bonds. The van der Waals surface area contributed by atoms with Gasteiger partial charge in [0.25, 0.3) is 11.5 Å². The Balaban J connectivity index is 1.52. The van der Waals surface area contributed by atoms with Crippen LogP contribution in [0.3, 0.4) is 0 Å². The number of carbonyl (C=O) groups is 2. The summed E-state index contributed by atoms with van der Waals surface area (Å²) in [5.41, 5.74) is 1.08. The number of aromatic nitrogens is 5. The smallest absolute Gasteiger partial charge is 0.279 e. The predicted octanol–water partition coefficient (Wildman–Crippen LogP) is 2.69. The van der Waals surface area contributed by atoms with Gasteiger partial charge >= 0.3 is 0 Å². The van der Waals surface area contributed by atoms with Gasteiger partial charge in [-0.3, -0.25) is 19.3 Å². The zero-order valence-corrected chi connectivity index (χ0v) is 20.7. The van der Waals surface area contributed by atoms with Gasteiger partial charge in [-0.05, 0) is 38.1 Å². The topological polar surface area (TPSA) is 127 Å². The van der Waals surface area contributed by atoms with E-state index in [2.05, 4.69) is 30.6 Å². The van der Waals surface area contributed by atoms with Gasteiger partial charge in [-0.2, -0.15) is 9.61 Å². The van der Waals surface area contributed by atoms with Crippen molar-refractivity contribution >= 4 is 40.7 Å². The van der Waals surface area contributed by atoms with Gasteiger partial charge in [0.2, 0.25) is 5.91 Å². The van der Waals surface area contributed by atoms with Gasteiger partial charge in [-0.15, -0.1) is 0 Å². The van der Waals surface area contributed by atoms with Gasteiger partial charge < -0.3 is 15.2 Å². The number of pyridine rings is 2. The highest BCUT2D eigenvalue weighted by Crippen LogP contribution is 2.24. The molecule has 1 aliphatic heterocycles. The summed E-state index contributed by atoms with van der Waals surface area (Å²) in [6.07, 6.45) is 2.40. The highest BCUT2D eigenvalue weighted by atomic mass is 35.5. The van der Waals surface area contributed by atoms with Crippen LogP contribution in [0.15, 0.2) is 47.5 Å². The molecular formula is C24H22ClFN8O3. The molecule has 2 N–H and O–H groups in total. The van der Waals surface area contributed by atoms with Gasteiger partial charge in [-0.25, -0.2) is 14.4 Å². The van der Waals surface area contributed by atoms with E-state index < -0.39 is 17.6 Å². The summed E-state index contributed by atoms with van der Waals surface area (Å²) in [7, 11) is 0. The van der Waals surface area contributed by atoms with E-state index in [4.69, 9.17) is 11.6 Å². The van der Waals surface area contributed by atoms with Gasteiger partial charge in [0.1, 0.15) is 29.6 Å². The van der Waals surface area contributed by atoms with Gasteiger partial charge in [0, 0.05) is 37.1 Å². The molecule has 0 saturated carbocycles. The molecular weight excluding hydrogens is 503 g/mol. The third kappa shape index (κ3) is 4.93. The minimum atomic E-state index is -0.576. The maximum Gasteiger partial charge on any atom is 0.279 e. The molecule has 0 fully saturated rings. The number of nitrogens with zero attached hydrogens (tertiary/aromatic N) is 6. The monoisotopic (exact) mass is 524 g/mol. The molecule has 1 aliphatic rings. The van der Waals surface area contributed by atoms with Crippen LogP contribution in [0, 0.1) is 5.82 Å². The number of anilines is 2. The third-order valence-corrected chi connectivity index (χ3v) is 6.26. The first-order valence-electron chi connectivity index (χ1n) is 11.4. The lowest BCUT2D eigenvalue weighted by Crippen LogP contribution is -2.28. The normalized spacial score (nSPS) is 13.2. The second-order valence-corrected chi connectivity index (χ2v) is 9.28. The summed E-state index contributed by atoms with van der Waals surface area (Å²) >= 11 is 5.85. The van der Waals surface area contributed by atoms with Crippen molar-refractivity contribution in [3.63, 3.8) is 0 Å². The lowest BCUT2D eigenvalue weighted by molar-refractivity contribution is -0.116. The number of nitrogens with one attached hydrogen (secondary N) is 2. The Bertz CT molecular complexity index is 1560. The van der Waals surface area contributed by atoms with E-state index in [1.54, 1.807) is 10.6 Å². The lowest BCUT2D eigenvalue weighted by atomic mass is 10.2. The Morgan fingerprint density at radius 3 is 2.49 bits per heavy atom. The summed E-state index contributed by atoms with van der Waals surface area (Å²) in [6.45, 7) is 4.70. The van der Waals surface area contributed by atoms with Crippen molar-refractivity contribution in [1.82, 2.24) is 29.0 Å². The molecule has 0 bridgehead atoms. The Hall–Kier alpha value is -4.16. The minimum absolute atomic E-state index is 0.0207. The number of hydrogen-bond acceptors (Lipinski definition) is 7. The fraction of sp³-hybridized carbons (Fsp3) is 0.250. The molecule has 0 unspecified atom stereocenters. The van der Waals surface area contributed by atoms with E-state index >= 15 is 0 Å². The van der Waals surface area contributed by atoms with E-state index in [0.717, 1.165) is 10.7 Å². The maximum atomic E-state index is 13.3. The highest BCUT2D eigenvalue weighted by Gasteiger charge is 2.30. The third-order valence-electron chi connectivity index (χ3n) is 6.03. The molecule has 4 aromatic heterocycles. The summed E-state index contributed by atoms with van der Waals surface area (Å²) in [5.74, 6) is -1.08. The zero-order chi connectivity index (χ0) is 26.3. The number of amides is 2. The van der Waals surface area contributed by atoms with Gasteiger partial charge in [-0.1, -0.05) is 11.6 Å². The Morgan fingerprint density at radius 2 is 1.81 bits per heavy atom. The number of hydrogen-bond donors (Lipinski definition) is 2. The lowest BCUT2D eigenvalue weighted by Gasteiger charge is -2.19. The molecule has 11 nitrogen and oxygen atoms in total. The van der Waals surface area contributed by atoms with Crippen molar-refractivity contribution in [3.05, 3.63) is 80.9 Å². The minimum Gasteiger partial charge on any atom is -0.319 e. The molecule has 0 atom stereocenters. The van der Waals surface area contributed by atoms with Crippen LogP contribution in [0.25, 0.3) is 5.65 Å². The summed E-state index contributed by atoms with van der Waals surface area (Å²) in [5, 5.41) is 9.92. The average Bonchev–Trinajstić information content (AvgIpc) is 3.51. The summed E-state index contributed by atoms with van der Waals surface area (Å²) < 4.78 is 16.0. The van der Waals surface area contributed by atoms with E-state index in [1.165, 1.54) is 30.5 Å². The number of carbonyl (C=O) groups excluding carboxylic acids is 2. The molecule has 13 heteroatoms. The largest absolute Gasteiger partial charge is 0.319 e. The van der Waals surface area contributed by atoms with Crippen molar-refractivity contribution in [1.29, 1.82) is 0 Å². The van der Waals surface area contributed by atoms with Crippen LogP contribution < -0.4 is 16.2 Å². The molecule has 5 rings (SSSR count). The predicted molar refractivity (Wildman–Crippen MR) is 134 cm³/mol. The van der Waals surface area contributed by atoms with Crippen LogP contribution in [-0.4, -0.2) is 46.9 Å². The van der Waals surface area contributed by atoms with Crippen LogP contribution in [0.5, 0.6) is 0 Å². The fourth-order valence-corrected chi connectivity index (χ4v) is 4.23. The van der Waals surface area contributed by atoms with Crippen LogP contribution in [0.1, 0.15) is 35.6 Å². The highest BCUT2D eigenvalue weighted by molar-refractivity contribution is 6.30. The molecule has 0 aromatic carbocycles. The first-order chi connectivity index (χ1) is 17.7. The molecule has 5 heterocycles. The number of fused-ring (bicyclic) bond motifs is 2. The number of rotatable bonds is 6. The second-order valence-electron chi connectivity index (χ2n) is 8.84. The van der Waals surface area contributed by atoms with Gasteiger partial charge in [0.05, 0.1) is 16.8 Å². The van der Waals surface area contributed by atoms with Crippen molar-refractivity contribution in [2.45, 2.75) is 39.5 Å². The Kier molecular flexibility index (Phi) is 6.44. The standard InChI is InChI=1S/C24H22ClFN8O3/c1-13(2)32-10-16-18(11-32)33(12-21(35)29-19-6-4-15(26)9-28-19)22-7-17(31-34(22)24(16)37)23(36)30-20-5-3-14(25)8-27-20/h3-9,13H,10-12H2,1-2H3,(H,27,30,36)(H,28,29,35). The molecule has 0 radical (unpaired) electrons. The Morgan fingerprint density at radius 1 is 1.08 bits per heavy atom. The van der Waals surface area contributed by atoms with E-state index in [-0.39, 0.29) is 41.1 Å². The first-order valence-corrected chi connectivity index (χ1v) is 11.8. The van der Waals surface area contributed by atoms with E-state index in [9.17, 15) is 18.8 Å². The quantitative estimate of drug-likeness (QED) is 0.397. The van der Waals surface area contributed by atoms with Crippen LogP contribution in [0.2, 0.25) is 5.02 Å². The average molecular weight is 525 g/mol. The molecule has 37 heavy (non-hydrogen) atoms. The van der Waals surface area contributed by atoms with Crippen LogP contribution in [0.4, 0.5) is 16.0 Å². The summed E-state index contributed by atoms with van der Waals surface area (Å²) in [6, 6.07) is 7.28. The van der Waals surface area contributed by atoms with Crippen molar-refractivity contribution in [2.75, 3.05) is 10.6 Å². The maximum absolute atomic E-state index is 13.3. The molecule has 0 aliphatic carbocycles. The zero-order valence-electron chi connectivity index (χ0n) is 19.9. The Labute approximate surface area is 214 Å². The van der Waals surface area contributed by atoms with Crippen molar-refractivity contribution < 1.29 is 14.0 Å². The second kappa shape index (κ2) is 9.71. The molecule has 0 spiro atoms. The molecule has 4 aromatic rings. The molecule has 190 valence electrons. The summed E-state index contributed by atoms with van der Waals surface area (Å²) in [4.78, 5) is 49.1.